The van der Waals surface area contributed by atoms with Gasteiger partial charge in [-0.2, -0.15) is 0 Å². The number of rotatable bonds is 9. The van der Waals surface area contributed by atoms with Gasteiger partial charge in [0.25, 0.3) is 0 Å². The highest BCUT2D eigenvalue weighted by Gasteiger charge is 2.35. The first-order valence-electron chi connectivity index (χ1n) is 12.3. The number of nitrogens with one attached hydrogen (secondary N) is 1. The second-order valence-corrected chi connectivity index (χ2v) is 9.26. The van der Waals surface area contributed by atoms with E-state index < -0.39 is 12.0 Å². The van der Waals surface area contributed by atoms with Crippen LogP contribution in [0.4, 0.5) is 5.82 Å². The highest BCUT2D eigenvalue weighted by atomic mass is 16.5. The SMILES string of the molecule is O=C(O)C(c1cncc2ccccc12)N1CCC(OCCCCc2ccc3c(n2)NCCC3)C1. The summed E-state index contributed by atoms with van der Waals surface area (Å²) in [6.45, 7) is 3.03. The molecule has 2 N–H and O–H groups in total. The first kappa shape index (κ1) is 22.7. The molecule has 1 saturated heterocycles. The summed E-state index contributed by atoms with van der Waals surface area (Å²) in [4.78, 5) is 23.3. The van der Waals surface area contributed by atoms with Crippen LogP contribution in [-0.2, 0) is 22.4 Å². The second kappa shape index (κ2) is 10.5. The molecular weight excluding hydrogens is 428 g/mol. The summed E-state index contributed by atoms with van der Waals surface area (Å²) in [6, 6.07) is 11.5. The van der Waals surface area contributed by atoms with Crippen LogP contribution in [0.3, 0.4) is 0 Å². The summed E-state index contributed by atoms with van der Waals surface area (Å²) >= 11 is 0. The number of unbranched alkanes of at least 4 members (excludes halogenated alkanes) is 1. The van der Waals surface area contributed by atoms with Gasteiger partial charge in [0.15, 0.2) is 0 Å². The number of hydrogen-bond acceptors (Lipinski definition) is 6. The Morgan fingerprint density at radius 3 is 3.03 bits per heavy atom. The molecule has 3 aromatic rings. The van der Waals surface area contributed by atoms with Gasteiger partial charge < -0.3 is 15.2 Å². The van der Waals surface area contributed by atoms with E-state index in [9.17, 15) is 9.90 Å². The Labute approximate surface area is 200 Å². The molecule has 2 unspecified atom stereocenters. The topological polar surface area (TPSA) is 87.6 Å². The van der Waals surface area contributed by atoms with E-state index >= 15 is 0 Å². The molecule has 2 aromatic heterocycles. The van der Waals surface area contributed by atoms with Crippen molar-refractivity contribution < 1.29 is 14.6 Å². The van der Waals surface area contributed by atoms with Crippen molar-refractivity contribution in [1.82, 2.24) is 14.9 Å². The summed E-state index contributed by atoms with van der Waals surface area (Å²) < 4.78 is 6.13. The molecule has 178 valence electrons. The van der Waals surface area contributed by atoms with Gasteiger partial charge in [-0.25, -0.2) is 4.98 Å². The molecule has 0 aliphatic carbocycles. The molecule has 2 aliphatic heterocycles. The Morgan fingerprint density at radius 1 is 1.21 bits per heavy atom. The van der Waals surface area contributed by atoms with E-state index in [1.807, 2.05) is 29.2 Å². The second-order valence-electron chi connectivity index (χ2n) is 9.26. The number of aliphatic carboxylic acids is 1. The van der Waals surface area contributed by atoms with Crippen molar-refractivity contribution in [3.63, 3.8) is 0 Å². The zero-order valence-electron chi connectivity index (χ0n) is 19.4. The molecule has 7 nitrogen and oxygen atoms in total. The van der Waals surface area contributed by atoms with E-state index in [2.05, 4.69) is 22.4 Å². The van der Waals surface area contributed by atoms with Gasteiger partial charge in [-0.3, -0.25) is 14.7 Å². The van der Waals surface area contributed by atoms with Crippen LogP contribution in [-0.4, -0.2) is 58.3 Å². The molecule has 1 fully saturated rings. The van der Waals surface area contributed by atoms with E-state index in [-0.39, 0.29) is 6.10 Å². The summed E-state index contributed by atoms with van der Waals surface area (Å²) in [5.41, 5.74) is 3.20. The lowest BCUT2D eigenvalue weighted by molar-refractivity contribution is -0.143. The van der Waals surface area contributed by atoms with E-state index in [0.717, 1.165) is 66.5 Å². The van der Waals surface area contributed by atoms with Crippen LogP contribution in [0.15, 0.2) is 48.8 Å². The van der Waals surface area contributed by atoms with Crippen LogP contribution < -0.4 is 5.32 Å². The number of nitrogens with zero attached hydrogens (tertiary/aromatic N) is 3. The molecule has 2 aliphatic rings. The van der Waals surface area contributed by atoms with E-state index in [1.165, 1.54) is 12.0 Å². The number of carboxylic acids is 1. The summed E-state index contributed by atoms with van der Waals surface area (Å²) in [6.07, 6.45) is 9.63. The molecule has 7 heteroatoms. The van der Waals surface area contributed by atoms with E-state index in [4.69, 9.17) is 9.72 Å². The maximum atomic E-state index is 12.2. The van der Waals surface area contributed by atoms with Crippen molar-refractivity contribution in [1.29, 1.82) is 0 Å². The summed E-state index contributed by atoms with van der Waals surface area (Å²) in [5, 5.41) is 15.3. The number of aryl methyl sites for hydroxylation is 2. The minimum Gasteiger partial charge on any atom is -0.480 e. The molecule has 4 heterocycles. The highest BCUT2D eigenvalue weighted by molar-refractivity contribution is 5.89. The Bertz CT molecular complexity index is 1150. The maximum Gasteiger partial charge on any atom is 0.325 e. The Balaban J connectivity index is 1.12. The number of ether oxygens (including phenoxy) is 1. The number of carboxylic acid groups (broad SMARTS) is 1. The molecule has 2 atom stereocenters. The van der Waals surface area contributed by atoms with Gasteiger partial charge in [-0.1, -0.05) is 30.3 Å². The predicted molar refractivity (Wildman–Crippen MR) is 132 cm³/mol. The quantitative estimate of drug-likeness (QED) is 0.462. The van der Waals surface area contributed by atoms with Gasteiger partial charge >= 0.3 is 5.97 Å². The van der Waals surface area contributed by atoms with Crippen molar-refractivity contribution in [3.05, 3.63) is 65.6 Å². The van der Waals surface area contributed by atoms with Crippen LogP contribution >= 0.6 is 0 Å². The molecule has 34 heavy (non-hydrogen) atoms. The predicted octanol–water partition coefficient (Wildman–Crippen LogP) is 4.23. The number of aromatic nitrogens is 2. The van der Waals surface area contributed by atoms with Gasteiger partial charge in [-0.05, 0) is 55.5 Å². The first-order valence-corrected chi connectivity index (χ1v) is 12.3. The zero-order chi connectivity index (χ0) is 23.3. The molecule has 0 radical (unpaired) electrons. The molecule has 0 bridgehead atoms. The van der Waals surface area contributed by atoms with Crippen LogP contribution in [0.1, 0.15) is 48.5 Å². The number of anilines is 1. The summed E-state index contributed by atoms with van der Waals surface area (Å²) in [7, 11) is 0. The number of carbonyl (C=O) groups is 1. The van der Waals surface area contributed by atoms with Gasteiger partial charge in [0.2, 0.25) is 0 Å². The van der Waals surface area contributed by atoms with E-state index in [0.29, 0.717) is 19.7 Å². The molecule has 0 spiro atoms. The maximum absolute atomic E-state index is 12.2. The fraction of sp³-hybridized carbons (Fsp3) is 0.444. The number of pyridine rings is 2. The smallest absolute Gasteiger partial charge is 0.325 e. The van der Waals surface area contributed by atoms with Gasteiger partial charge in [0.05, 0.1) is 6.10 Å². The fourth-order valence-corrected chi connectivity index (χ4v) is 5.13. The molecule has 0 saturated carbocycles. The largest absolute Gasteiger partial charge is 0.480 e. The number of benzene rings is 1. The average molecular weight is 461 g/mol. The standard InChI is InChI=1S/C27H32N4O3/c32-27(33)25(24-17-28-16-20-6-1-2-9-23(20)24)31-14-12-22(18-31)34-15-4-3-8-21-11-10-19-7-5-13-29-26(19)30-21/h1-2,6,9-11,16-17,22,25H,3-5,7-8,12-15,18H2,(H,29,30)(H,32,33). The molecule has 1 aromatic carbocycles. The Morgan fingerprint density at radius 2 is 2.12 bits per heavy atom. The van der Waals surface area contributed by atoms with Crippen LogP contribution in [0.5, 0.6) is 0 Å². The Kier molecular flexibility index (Phi) is 7.02. The number of likely N-dealkylation sites (tertiary alicyclic amines) is 1. The summed E-state index contributed by atoms with van der Waals surface area (Å²) in [5.74, 6) is 0.214. The lowest BCUT2D eigenvalue weighted by atomic mass is 10.0. The van der Waals surface area contributed by atoms with Crippen molar-refractivity contribution in [3.8, 4) is 0 Å². The van der Waals surface area contributed by atoms with Crippen molar-refractivity contribution in [2.45, 2.75) is 50.7 Å². The van der Waals surface area contributed by atoms with Gasteiger partial charge in [0.1, 0.15) is 11.9 Å². The molecular formula is C27H32N4O3. The minimum atomic E-state index is -0.842. The minimum absolute atomic E-state index is 0.0656. The fourth-order valence-electron chi connectivity index (χ4n) is 5.13. The lowest BCUT2D eigenvalue weighted by Crippen LogP contribution is -2.33. The third-order valence-electron chi connectivity index (χ3n) is 6.90. The normalized spacial score (nSPS) is 19.0. The average Bonchev–Trinajstić information content (AvgIpc) is 3.32. The lowest BCUT2D eigenvalue weighted by Gasteiger charge is -2.25. The van der Waals surface area contributed by atoms with Gasteiger partial charge in [-0.15, -0.1) is 0 Å². The van der Waals surface area contributed by atoms with Crippen LogP contribution in [0.2, 0.25) is 0 Å². The Hall–Kier alpha value is -3.03. The molecule has 0 amide bonds. The third-order valence-corrected chi connectivity index (χ3v) is 6.90. The van der Waals surface area contributed by atoms with Crippen LogP contribution in [0, 0.1) is 0 Å². The molecule has 5 rings (SSSR count). The zero-order valence-corrected chi connectivity index (χ0v) is 19.4. The van der Waals surface area contributed by atoms with Crippen molar-refractivity contribution in [2.75, 3.05) is 31.6 Å². The first-order chi connectivity index (χ1) is 16.7. The third kappa shape index (κ3) is 5.05. The monoisotopic (exact) mass is 460 g/mol. The highest BCUT2D eigenvalue weighted by Crippen LogP contribution is 2.31. The van der Waals surface area contributed by atoms with Crippen LogP contribution in [0.25, 0.3) is 10.8 Å². The van der Waals surface area contributed by atoms with E-state index in [1.54, 1.807) is 12.4 Å². The van der Waals surface area contributed by atoms with Gasteiger partial charge in [0, 0.05) is 55.3 Å². The number of fused-ring (bicyclic) bond motifs is 2. The van der Waals surface area contributed by atoms with Crippen molar-refractivity contribution in [2.24, 2.45) is 0 Å². The van der Waals surface area contributed by atoms with Crippen molar-refractivity contribution >= 4 is 22.6 Å². The number of hydrogen-bond donors (Lipinski definition) is 2.